The summed E-state index contributed by atoms with van der Waals surface area (Å²) in [6, 6.07) is 0. The van der Waals surface area contributed by atoms with Gasteiger partial charge in [-0.15, -0.1) is 0 Å². The highest BCUT2D eigenvalue weighted by atomic mass is 32.2. The number of hydrogen-bond acceptors (Lipinski definition) is 3. The fourth-order valence-corrected chi connectivity index (χ4v) is 3.04. The van der Waals surface area contributed by atoms with Crippen LogP contribution in [0.3, 0.4) is 0 Å². The van der Waals surface area contributed by atoms with Crippen molar-refractivity contribution in [2.45, 2.75) is 32.6 Å². The van der Waals surface area contributed by atoms with E-state index in [4.69, 9.17) is 4.74 Å². The van der Waals surface area contributed by atoms with Crippen LogP contribution in [-0.2, 0) is 4.74 Å². The second-order valence-corrected chi connectivity index (χ2v) is 5.88. The van der Waals surface area contributed by atoms with E-state index in [0.29, 0.717) is 5.41 Å². The normalized spacial score (nSPS) is 26.8. The predicted octanol–water partition coefficient (Wildman–Crippen LogP) is 2.54. The average Bonchev–Trinajstić information content (AvgIpc) is 2.26. The molecule has 0 radical (unpaired) electrons. The van der Waals surface area contributed by atoms with E-state index >= 15 is 0 Å². The Labute approximate surface area is 98.5 Å². The molecule has 1 atom stereocenters. The van der Waals surface area contributed by atoms with Crippen LogP contribution in [0.15, 0.2) is 0 Å². The van der Waals surface area contributed by atoms with Crippen molar-refractivity contribution in [3.05, 3.63) is 0 Å². The zero-order valence-corrected chi connectivity index (χ0v) is 11.0. The molecule has 1 rings (SSSR count). The Balaban J connectivity index is 2.28. The van der Waals surface area contributed by atoms with Crippen LogP contribution in [0.4, 0.5) is 0 Å². The molecular weight excluding hydrogens is 206 g/mol. The second kappa shape index (κ2) is 7.53. The van der Waals surface area contributed by atoms with Crippen molar-refractivity contribution < 1.29 is 4.74 Å². The maximum absolute atomic E-state index is 5.65. The van der Waals surface area contributed by atoms with Crippen LogP contribution in [-0.4, -0.2) is 38.3 Å². The highest BCUT2D eigenvalue weighted by Crippen LogP contribution is 2.33. The predicted molar refractivity (Wildman–Crippen MR) is 68.6 cm³/mol. The molecule has 0 aromatic heterocycles. The lowest BCUT2D eigenvalue weighted by molar-refractivity contribution is -0.0113. The topological polar surface area (TPSA) is 21.3 Å². The van der Waals surface area contributed by atoms with Gasteiger partial charge in [-0.1, -0.05) is 6.92 Å². The summed E-state index contributed by atoms with van der Waals surface area (Å²) in [4.78, 5) is 0. The third-order valence-electron chi connectivity index (χ3n) is 3.16. The van der Waals surface area contributed by atoms with E-state index in [1.54, 1.807) is 0 Å². The maximum Gasteiger partial charge on any atom is 0.0534 e. The molecule has 0 spiro atoms. The summed E-state index contributed by atoms with van der Waals surface area (Å²) in [5.41, 5.74) is 0.432. The summed E-state index contributed by atoms with van der Waals surface area (Å²) >= 11 is 2.05. The molecule has 3 heteroatoms. The van der Waals surface area contributed by atoms with Crippen LogP contribution in [0.5, 0.6) is 0 Å². The van der Waals surface area contributed by atoms with Gasteiger partial charge in [0.25, 0.3) is 0 Å². The van der Waals surface area contributed by atoms with Gasteiger partial charge < -0.3 is 10.1 Å². The molecule has 0 saturated carbocycles. The molecule has 1 unspecified atom stereocenters. The summed E-state index contributed by atoms with van der Waals surface area (Å²) in [6.45, 7) is 5.28. The molecule has 1 fully saturated rings. The molecule has 1 saturated heterocycles. The highest BCUT2D eigenvalue weighted by molar-refractivity contribution is 7.99. The van der Waals surface area contributed by atoms with Crippen LogP contribution in [0.2, 0.25) is 0 Å². The van der Waals surface area contributed by atoms with Gasteiger partial charge in [0.1, 0.15) is 0 Å². The van der Waals surface area contributed by atoms with Gasteiger partial charge in [-0.2, -0.15) is 11.8 Å². The van der Waals surface area contributed by atoms with E-state index in [9.17, 15) is 0 Å². The molecule has 0 amide bonds. The Kier molecular flexibility index (Phi) is 6.69. The van der Waals surface area contributed by atoms with Crippen molar-refractivity contribution in [1.82, 2.24) is 5.32 Å². The fraction of sp³-hybridized carbons (Fsp3) is 1.00. The highest BCUT2D eigenvalue weighted by Gasteiger charge is 2.31. The molecule has 0 bridgehead atoms. The van der Waals surface area contributed by atoms with Gasteiger partial charge in [0.15, 0.2) is 0 Å². The zero-order valence-electron chi connectivity index (χ0n) is 10.2. The molecular formula is C12H25NOS. The first-order valence-corrected chi connectivity index (χ1v) is 7.28. The van der Waals surface area contributed by atoms with Crippen molar-refractivity contribution in [2.75, 3.05) is 38.3 Å². The standard InChI is InChI=1S/C12H25NOS/c1-3-15-9-5-7-12(10-13-2)6-4-8-14-11-12/h13H,3-11H2,1-2H3. The van der Waals surface area contributed by atoms with E-state index < -0.39 is 0 Å². The number of nitrogens with one attached hydrogen (secondary N) is 1. The number of ether oxygens (including phenoxy) is 1. The number of thioether (sulfide) groups is 1. The molecule has 0 aliphatic carbocycles. The molecule has 1 aliphatic heterocycles. The van der Waals surface area contributed by atoms with Crippen molar-refractivity contribution >= 4 is 11.8 Å². The summed E-state index contributed by atoms with van der Waals surface area (Å²) in [6.07, 6.45) is 5.23. The third kappa shape index (κ3) is 4.75. The summed E-state index contributed by atoms with van der Waals surface area (Å²) < 4.78 is 5.65. The van der Waals surface area contributed by atoms with Gasteiger partial charge in [-0.3, -0.25) is 0 Å². The first kappa shape index (κ1) is 13.3. The Morgan fingerprint density at radius 1 is 1.47 bits per heavy atom. The lowest BCUT2D eigenvalue weighted by atomic mass is 9.78. The first-order chi connectivity index (χ1) is 7.33. The molecule has 1 heterocycles. The molecule has 1 N–H and O–H groups in total. The van der Waals surface area contributed by atoms with Gasteiger partial charge >= 0.3 is 0 Å². The van der Waals surface area contributed by atoms with E-state index in [-0.39, 0.29) is 0 Å². The van der Waals surface area contributed by atoms with Crippen molar-refractivity contribution in [3.8, 4) is 0 Å². The Morgan fingerprint density at radius 2 is 2.33 bits per heavy atom. The molecule has 1 aliphatic rings. The van der Waals surface area contributed by atoms with E-state index in [2.05, 4.69) is 31.1 Å². The maximum atomic E-state index is 5.65. The lowest BCUT2D eigenvalue weighted by Gasteiger charge is -2.37. The van der Waals surface area contributed by atoms with Crippen molar-refractivity contribution in [2.24, 2.45) is 5.41 Å². The average molecular weight is 231 g/mol. The number of rotatable bonds is 7. The molecule has 0 aromatic rings. The first-order valence-electron chi connectivity index (χ1n) is 6.13. The third-order valence-corrected chi connectivity index (χ3v) is 4.14. The molecule has 15 heavy (non-hydrogen) atoms. The SMILES string of the molecule is CCSCCCC1(CNC)CCCOC1. The van der Waals surface area contributed by atoms with Crippen molar-refractivity contribution in [3.63, 3.8) is 0 Å². The molecule has 2 nitrogen and oxygen atoms in total. The summed E-state index contributed by atoms with van der Waals surface area (Å²) in [7, 11) is 2.05. The largest absolute Gasteiger partial charge is 0.381 e. The monoisotopic (exact) mass is 231 g/mol. The zero-order chi connectivity index (χ0) is 11.0. The Morgan fingerprint density at radius 3 is 2.93 bits per heavy atom. The minimum absolute atomic E-state index is 0.432. The van der Waals surface area contributed by atoms with Gasteiger partial charge in [-0.25, -0.2) is 0 Å². The Bertz CT molecular complexity index is 152. The van der Waals surface area contributed by atoms with E-state index in [1.165, 1.54) is 37.2 Å². The number of hydrogen-bond donors (Lipinski definition) is 1. The minimum atomic E-state index is 0.432. The smallest absolute Gasteiger partial charge is 0.0534 e. The van der Waals surface area contributed by atoms with E-state index in [0.717, 1.165) is 19.8 Å². The van der Waals surface area contributed by atoms with Crippen LogP contribution in [0.25, 0.3) is 0 Å². The Hall–Kier alpha value is 0.270. The van der Waals surface area contributed by atoms with Gasteiger partial charge in [-0.05, 0) is 44.2 Å². The van der Waals surface area contributed by atoms with Crippen LogP contribution >= 0.6 is 11.8 Å². The fourth-order valence-electron chi connectivity index (χ4n) is 2.40. The van der Waals surface area contributed by atoms with E-state index in [1.807, 2.05) is 0 Å². The van der Waals surface area contributed by atoms with Crippen molar-refractivity contribution in [1.29, 1.82) is 0 Å². The van der Waals surface area contributed by atoms with Crippen LogP contribution in [0.1, 0.15) is 32.6 Å². The van der Waals surface area contributed by atoms with Gasteiger partial charge in [0, 0.05) is 18.6 Å². The quantitative estimate of drug-likeness (QED) is 0.680. The molecule has 90 valence electrons. The van der Waals surface area contributed by atoms with Gasteiger partial charge in [0.05, 0.1) is 6.61 Å². The van der Waals surface area contributed by atoms with Gasteiger partial charge in [0.2, 0.25) is 0 Å². The summed E-state index contributed by atoms with van der Waals surface area (Å²) in [5, 5.41) is 3.33. The lowest BCUT2D eigenvalue weighted by Crippen LogP contribution is -2.40. The second-order valence-electron chi connectivity index (χ2n) is 4.49. The van der Waals surface area contributed by atoms with Crippen LogP contribution < -0.4 is 5.32 Å². The molecule has 0 aromatic carbocycles. The minimum Gasteiger partial charge on any atom is -0.381 e. The summed E-state index contributed by atoms with van der Waals surface area (Å²) in [5.74, 6) is 2.55. The van der Waals surface area contributed by atoms with Crippen LogP contribution in [0, 0.1) is 5.41 Å².